The first-order valence-corrected chi connectivity index (χ1v) is 6.93. The number of rotatable bonds is 5. The van der Waals surface area contributed by atoms with Crippen molar-refractivity contribution in [3.8, 4) is 11.5 Å². The van der Waals surface area contributed by atoms with Crippen LogP contribution < -0.4 is 14.8 Å². The Morgan fingerprint density at radius 1 is 1.37 bits per heavy atom. The van der Waals surface area contributed by atoms with Gasteiger partial charge in [-0.05, 0) is 24.1 Å². The molecule has 1 aliphatic rings. The summed E-state index contributed by atoms with van der Waals surface area (Å²) in [6.45, 7) is 3.82. The maximum Gasteiger partial charge on any atom is 0.224 e. The fourth-order valence-electron chi connectivity index (χ4n) is 1.92. The van der Waals surface area contributed by atoms with E-state index in [1.54, 1.807) is 6.07 Å². The van der Waals surface area contributed by atoms with E-state index >= 15 is 0 Å². The summed E-state index contributed by atoms with van der Waals surface area (Å²) in [5, 5.41) is 3.37. The maximum absolute atomic E-state index is 11.7. The number of unbranched alkanes of at least 4 members (excludes halogenated alkanes) is 1. The Kier molecular flexibility index (Phi) is 4.91. The largest absolute Gasteiger partial charge is 0.486 e. The van der Waals surface area contributed by atoms with Crippen LogP contribution in [0.3, 0.4) is 0 Å². The molecule has 0 atom stereocenters. The molecular formula is C14H18ClNO3. The average molecular weight is 284 g/mol. The molecule has 0 saturated carbocycles. The van der Waals surface area contributed by atoms with Crippen molar-refractivity contribution >= 4 is 17.5 Å². The molecule has 0 unspecified atom stereocenters. The van der Waals surface area contributed by atoms with E-state index < -0.39 is 0 Å². The SMILES string of the molecule is CCCCNC(=O)Cc1cc(Cl)c2c(c1)OCCO2. The molecule has 1 aromatic carbocycles. The second-order valence-corrected chi connectivity index (χ2v) is 4.89. The third-order valence-electron chi connectivity index (χ3n) is 2.87. The van der Waals surface area contributed by atoms with Gasteiger partial charge in [0.15, 0.2) is 11.5 Å². The second-order valence-electron chi connectivity index (χ2n) is 4.48. The number of ether oxygens (including phenoxy) is 2. The Bertz CT molecular complexity index is 462. The smallest absolute Gasteiger partial charge is 0.224 e. The maximum atomic E-state index is 11.7. The molecule has 1 aliphatic heterocycles. The van der Waals surface area contributed by atoms with E-state index in [4.69, 9.17) is 21.1 Å². The third kappa shape index (κ3) is 3.77. The average Bonchev–Trinajstić information content (AvgIpc) is 2.39. The first kappa shape index (κ1) is 14.0. The number of carbonyl (C=O) groups is 1. The van der Waals surface area contributed by atoms with Gasteiger partial charge in [-0.15, -0.1) is 0 Å². The van der Waals surface area contributed by atoms with Gasteiger partial charge in [0.1, 0.15) is 13.2 Å². The van der Waals surface area contributed by atoms with Crippen LogP contribution in [0.15, 0.2) is 12.1 Å². The van der Waals surface area contributed by atoms with Gasteiger partial charge in [-0.2, -0.15) is 0 Å². The van der Waals surface area contributed by atoms with Crippen LogP contribution >= 0.6 is 11.6 Å². The summed E-state index contributed by atoms with van der Waals surface area (Å²) in [5.74, 6) is 1.19. The van der Waals surface area contributed by atoms with Gasteiger partial charge in [-0.1, -0.05) is 24.9 Å². The number of halogens is 1. The highest BCUT2D eigenvalue weighted by atomic mass is 35.5. The molecule has 104 valence electrons. The minimum atomic E-state index is 0.00111. The zero-order valence-corrected chi connectivity index (χ0v) is 11.8. The van der Waals surface area contributed by atoms with Gasteiger partial charge in [0.25, 0.3) is 0 Å². The zero-order chi connectivity index (χ0) is 13.7. The molecule has 4 nitrogen and oxygen atoms in total. The van der Waals surface area contributed by atoms with Crippen molar-refractivity contribution in [3.05, 3.63) is 22.7 Å². The third-order valence-corrected chi connectivity index (χ3v) is 3.15. The van der Waals surface area contributed by atoms with Crippen molar-refractivity contribution in [2.45, 2.75) is 26.2 Å². The van der Waals surface area contributed by atoms with Crippen molar-refractivity contribution in [1.29, 1.82) is 0 Å². The molecule has 19 heavy (non-hydrogen) atoms. The molecule has 0 saturated heterocycles. The summed E-state index contributed by atoms with van der Waals surface area (Å²) >= 11 is 6.12. The van der Waals surface area contributed by atoms with Crippen LogP contribution in [-0.4, -0.2) is 25.7 Å². The van der Waals surface area contributed by atoms with Gasteiger partial charge in [-0.3, -0.25) is 4.79 Å². The molecule has 1 heterocycles. The summed E-state index contributed by atoms with van der Waals surface area (Å²) in [6, 6.07) is 3.58. The van der Waals surface area contributed by atoms with Gasteiger partial charge in [-0.25, -0.2) is 0 Å². The van der Waals surface area contributed by atoms with Gasteiger partial charge < -0.3 is 14.8 Å². The van der Waals surface area contributed by atoms with E-state index in [0.29, 0.717) is 42.7 Å². The van der Waals surface area contributed by atoms with Crippen LogP contribution in [0.2, 0.25) is 5.02 Å². The standard InChI is InChI=1S/C14H18ClNO3/c1-2-3-4-16-13(17)9-10-7-11(15)14-12(8-10)18-5-6-19-14/h7-8H,2-6,9H2,1H3,(H,16,17). The Balaban J connectivity index is 2.01. The fourth-order valence-corrected chi connectivity index (χ4v) is 2.21. The number of fused-ring (bicyclic) bond motifs is 1. The van der Waals surface area contributed by atoms with Crippen molar-refractivity contribution in [2.75, 3.05) is 19.8 Å². The van der Waals surface area contributed by atoms with E-state index in [0.717, 1.165) is 18.4 Å². The molecule has 2 rings (SSSR count). The lowest BCUT2D eigenvalue weighted by Gasteiger charge is -2.20. The van der Waals surface area contributed by atoms with Gasteiger partial charge in [0, 0.05) is 6.54 Å². The monoisotopic (exact) mass is 283 g/mol. The molecular weight excluding hydrogens is 266 g/mol. The minimum Gasteiger partial charge on any atom is -0.486 e. The highest BCUT2D eigenvalue weighted by Crippen LogP contribution is 2.38. The van der Waals surface area contributed by atoms with Crippen molar-refractivity contribution in [1.82, 2.24) is 5.32 Å². The van der Waals surface area contributed by atoms with Gasteiger partial charge >= 0.3 is 0 Å². The topological polar surface area (TPSA) is 47.6 Å². The van der Waals surface area contributed by atoms with Crippen molar-refractivity contribution in [3.63, 3.8) is 0 Å². The molecule has 0 fully saturated rings. The Morgan fingerprint density at radius 3 is 2.95 bits per heavy atom. The molecule has 1 aromatic rings. The Labute approximate surface area is 118 Å². The molecule has 0 spiro atoms. The van der Waals surface area contributed by atoms with Crippen LogP contribution in [0.1, 0.15) is 25.3 Å². The summed E-state index contributed by atoms with van der Waals surface area (Å²) < 4.78 is 10.9. The van der Waals surface area contributed by atoms with Crippen LogP contribution in [0.5, 0.6) is 11.5 Å². The van der Waals surface area contributed by atoms with Crippen LogP contribution in [-0.2, 0) is 11.2 Å². The van der Waals surface area contributed by atoms with Gasteiger partial charge in [0.2, 0.25) is 5.91 Å². The summed E-state index contributed by atoms with van der Waals surface area (Å²) in [5.41, 5.74) is 0.836. The molecule has 1 amide bonds. The minimum absolute atomic E-state index is 0.00111. The van der Waals surface area contributed by atoms with Crippen LogP contribution in [0.4, 0.5) is 0 Å². The lowest BCUT2D eigenvalue weighted by atomic mass is 10.1. The highest BCUT2D eigenvalue weighted by Gasteiger charge is 2.17. The number of hydrogen-bond acceptors (Lipinski definition) is 3. The molecule has 0 aliphatic carbocycles. The summed E-state index contributed by atoms with van der Waals surface area (Å²) in [4.78, 5) is 11.7. The first-order chi connectivity index (χ1) is 9.20. The highest BCUT2D eigenvalue weighted by molar-refractivity contribution is 6.32. The number of amides is 1. The van der Waals surface area contributed by atoms with E-state index in [2.05, 4.69) is 12.2 Å². The predicted octanol–water partition coefficient (Wildman–Crippen LogP) is 2.57. The number of benzene rings is 1. The van der Waals surface area contributed by atoms with E-state index in [-0.39, 0.29) is 5.91 Å². The Hall–Kier alpha value is -1.42. The number of carbonyl (C=O) groups excluding carboxylic acids is 1. The molecule has 5 heteroatoms. The lowest BCUT2D eigenvalue weighted by molar-refractivity contribution is -0.120. The van der Waals surface area contributed by atoms with Crippen molar-refractivity contribution < 1.29 is 14.3 Å². The zero-order valence-electron chi connectivity index (χ0n) is 11.0. The molecule has 0 aromatic heterocycles. The van der Waals surface area contributed by atoms with Crippen LogP contribution in [0.25, 0.3) is 0 Å². The van der Waals surface area contributed by atoms with E-state index in [1.807, 2.05) is 6.07 Å². The second kappa shape index (κ2) is 6.66. The molecule has 1 N–H and O–H groups in total. The van der Waals surface area contributed by atoms with E-state index in [1.165, 1.54) is 0 Å². The quantitative estimate of drug-likeness (QED) is 0.845. The van der Waals surface area contributed by atoms with Crippen molar-refractivity contribution in [2.24, 2.45) is 0 Å². The normalized spacial score (nSPS) is 13.2. The predicted molar refractivity (Wildman–Crippen MR) is 74.1 cm³/mol. The number of nitrogens with one attached hydrogen (secondary N) is 1. The summed E-state index contributed by atoms with van der Waals surface area (Å²) in [7, 11) is 0. The lowest BCUT2D eigenvalue weighted by Crippen LogP contribution is -2.26. The number of hydrogen-bond donors (Lipinski definition) is 1. The Morgan fingerprint density at radius 2 is 2.16 bits per heavy atom. The van der Waals surface area contributed by atoms with E-state index in [9.17, 15) is 4.79 Å². The molecule has 0 bridgehead atoms. The summed E-state index contributed by atoms with van der Waals surface area (Å²) in [6.07, 6.45) is 2.36. The fraction of sp³-hybridized carbons (Fsp3) is 0.500. The van der Waals surface area contributed by atoms with Crippen LogP contribution in [0, 0.1) is 0 Å². The molecule has 0 radical (unpaired) electrons. The van der Waals surface area contributed by atoms with Gasteiger partial charge in [0.05, 0.1) is 11.4 Å². The first-order valence-electron chi connectivity index (χ1n) is 6.55.